The third-order valence-electron chi connectivity index (χ3n) is 5.21. The number of nitrogens with zero attached hydrogens (tertiary/aromatic N) is 2. The first-order chi connectivity index (χ1) is 12.7. The van der Waals surface area contributed by atoms with Crippen LogP contribution in [0.3, 0.4) is 0 Å². The van der Waals surface area contributed by atoms with Gasteiger partial charge in [0.2, 0.25) is 5.91 Å². The fourth-order valence-corrected chi connectivity index (χ4v) is 3.75. The summed E-state index contributed by atoms with van der Waals surface area (Å²) in [5.74, 6) is 0.121. The van der Waals surface area contributed by atoms with E-state index in [1.165, 1.54) is 22.1 Å². The summed E-state index contributed by atoms with van der Waals surface area (Å²) in [6.45, 7) is 4.46. The Morgan fingerprint density at radius 2 is 1.96 bits per heavy atom. The highest BCUT2D eigenvalue weighted by Crippen LogP contribution is 2.24. The predicted molar refractivity (Wildman–Crippen MR) is 104 cm³/mol. The maximum absolute atomic E-state index is 12.6. The van der Waals surface area contributed by atoms with E-state index >= 15 is 0 Å². The van der Waals surface area contributed by atoms with Crippen molar-refractivity contribution >= 4 is 16.8 Å². The van der Waals surface area contributed by atoms with E-state index in [0.29, 0.717) is 6.54 Å². The number of pyridine rings is 1. The second kappa shape index (κ2) is 7.26. The summed E-state index contributed by atoms with van der Waals surface area (Å²) in [5.41, 5.74) is 4.71. The van der Waals surface area contributed by atoms with Gasteiger partial charge < -0.3 is 5.32 Å². The number of nitrogens with one attached hydrogen (secondary N) is 1. The number of hydrogen-bond donors (Lipinski definition) is 1. The number of piperazine rings is 1. The van der Waals surface area contributed by atoms with Crippen molar-refractivity contribution in [1.29, 1.82) is 0 Å². The largest absolute Gasteiger partial charge is 0.353 e. The van der Waals surface area contributed by atoms with E-state index in [4.69, 9.17) is 0 Å². The molecule has 2 aromatic carbocycles. The van der Waals surface area contributed by atoms with Crippen LogP contribution in [0.25, 0.3) is 10.9 Å². The highest BCUT2D eigenvalue weighted by Gasteiger charge is 2.30. The number of rotatable bonds is 4. The van der Waals surface area contributed by atoms with Crippen LogP contribution in [0.15, 0.2) is 60.8 Å². The zero-order valence-corrected chi connectivity index (χ0v) is 15.0. The van der Waals surface area contributed by atoms with Crippen LogP contribution in [0.5, 0.6) is 0 Å². The molecule has 1 amide bonds. The molecule has 1 aliphatic heterocycles. The fraction of sp³-hybridized carbons (Fsp3) is 0.273. The van der Waals surface area contributed by atoms with Crippen LogP contribution in [0.1, 0.15) is 16.7 Å². The number of fused-ring (bicyclic) bond motifs is 1. The zero-order chi connectivity index (χ0) is 17.9. The molecule has 0 unspecified atom stereocenters. The molecule has 4 rings (SSSR count). The number of aryl methyl sites for hydroxylation is 1. The molecular formula is C22H23N3O. The van der Waals surface area contributed by atoms with E-state index < -0.39 is 0 Å². The van der Waals surface area contributed by atoms with Crippen LogP contribution in [-0.2, 0) is 17.8 Å². The molecule has 0 bridgehead atoms. The topological polar surface area (TPSA) is 45.2 Å². The molecule has 2 heterocycles. The molecule has 1 fully saturated rings. The van der Waals surface area contributed by atoms with Crippen molar-refractivity contribution in [2.75, 3.05) is 13.1 Å². The molecule has 1 atom stereocenters. The van der Waals surface area contributed by atoms with E-state index in [1.807, 2.05) is 30.5 Å². The Hall–Kier alpha value is -2.72. The van der Waals surface area contributed by atoms with E-state index in [0.717, 1.165) is 25.0 Å². The van der Waals surface area contributed by atoms with Gasteiger partial charge in [-0.05, 0) is 42.2 Å². The van der Waals surface area contributed by atoms with E-state index in [9.17, 15) is 4.79 Å². The minimum absolute atomic E-state index is 0.121. The summed E-state index contributed by atoms with van der Waals surface area (Å²) in [6, 6.07) is 18.4. The number of amides is 1. The van der Waals surface area contributed by atoms with Gasteiger partial charge in [-0.15, -0.1) is 0 Å². The van der Waals surface area contributed by atoms with E-state index in [1.54, 1.807) is 0 Å². The molecule has 4 heteroatoms. The minimum Gasteiger partial charge on any atom is -0.353 e. The van der Waals surface area contributed by atoms with Gasteiger partial charge in [0.15, 0.2) is 0 Å². The summed E-state index contributed by atoms with van der Waals surface area (Å²) in [4.78, 5) is 19.4. The van der Waals surface area contributed by atoms with Crippen LogP contribution >= 0.6 is 0 Å². The Labute approximate surface area is 153 Å². The average molecular weight is 345 g/mol. The monoisotopic (exact) mass is 345 g/mol. The third-order valence-corrected chi connectivity index (χ3v) is 5.21. The van der Waals surface area contributed by atoms with Gasteiger partial charge in [0, 0.05) is 31.2 Å². The number of aromatic nitrogens is 1. The number of carbonyl (C=O) groups excluding carboxylic acids is 1. The standard InChI is InChI=1S/C22H23N3O/c1-16-9-10-20-18(8-5-11-23-20)19(16)15-25-13-12-24-22(26)21(25)14-17-6-3-2-4-7-17/h2-11,21H,12-15H2,1H3,(H,24,26)/t21-/m1/s1. The Kier molecular flexibility index (Phi) is 4.67. The molecule has 1 aromatic heterocycles. The van der Waals surface area contributed by atoms with Crippen LogP contribution in [0.2, 0.25) is 0 Å². The lowest BCUT2D eigenvalue weighted by Gasteiger charge is -2.35. The normalized spacial score (nSPS) is 18.0. The molecule has 1 N–H and O–H groups in total. The smallest absolute Gasteiger partial charge is 0.237 e. The SMILES string of the molecule is Cc1ccc2ncccc2c1CN1CCNC(=O)[C@H]1Cc1ccccc1. The van der Waals surface area contributed by atoms with Gasteiger partial charge >= 0.3 is 0 Å². The maximum Gasteiger partial charge on any atom is 0.237 e. The van der Waals surface area contributed by atoms with Crippen molar-refractivity contribution in [2.45, 2.75) is 25.9 Å². The van der Waals surface area contributed by atoms with Crippen molar-refractivity contribution in [3.05, 3.63) is 77.5 Å². The fourth-order valence-electron chi connectivity index (χ4n) is 3.75. The lowest BCUT2D eigenvalue weighted by atomic mass is 9.98. The van der Waals surface area contributed by atoms with Crippen LogP contribution in [0, 0.1) is 6.92 Å². The molecular weight excluding hydrogens is 322 g/mol. The van der Waals surface area contributed by atoms with E-state index in [-0.39, 0.29) is 11.9 Å². The minimum atomic E-state index is -0.141. The van der Waals surface area contributed by atoms with Gasteiger partial charge in [-0.1, -0.05) is 42.5 Å². The summed E-state index contributed by atoms with van der Waals surface area (Å²) < 4.78 is 0. The Morgan fingerprint density at radius 3 is 2.81 bits per heavy atom. The van der Waals surface area contributed by atoms with Crippen LogP contribution < -0.4 is 5.32 Å². The van der Waals surface area contributed by atoms with Crippen LogP contribution in [0.4, 0.5) is 0 Å². The van der Waals surface area contributed by atoms with Gasteiger partial charge in [0.25, 0.3) is 0 Å². The second-order valence-corrected chi connectivity index (χ2v) is 6.90. The summed E-state index contributed by atoms with van der Waals surface area (Å²) >= 11 is 0. The van der Waals surface area contributed by atoms with Gasteiger partial charge in [-0.2, -0.15) is 0 Å². The van der Waals surface area contributed by atoms with Crippen molar-refractivity contribution in [3.63, 3.8) is 0 Å². The first-order valence-corrected chi connectivity index (χ1v) is 9.11. The molecule has 0 spiro atoms. The predicted octanol–water partition coefficient (Wildman–Crippen LogP) is 3.09. The molecule has 4 nitrogen and oxygen atoms in total. The molecule has 1 aliphatic rings. The summed E-state index contributed by atoms with van der Waals surface area (Å²) in [7, 11) is 0. The molecule has 0 aliphatic carbocycles. The van der Waals surface area contributed by atoms with Gasteiger partial charge in [-0.3, -0.25) is 14.7 Å². The lowest BCUT2D eigenvalue weighted by Crippen LogP contribution is -2.55. The van der Waals surface area contributed by atoms with E-state index in [2.05, 4.69) is 52.5 Å². The average Bonchev–Trinajstić information content (AvgIpc) is 2.67. The maximum atomic E-state index is 12.6. The molecule has 26 heavy (non-hydrogen) atoms. The van der Waals surface area contributed by atoms with Crippen molar-refractivity contribution in [1.82, 2.24) is 15.2 Å². The zero-order valence-electron chi connectivity index (χ0n) is 15.0. The third kappa shape index (κ3) is 3.33. The number of benzene rings is 2. The molecule has 0 saturated carbocycles. The first-order valence-electron chi connectivity index (χ1n) is 9.11. The molecule has 3 aromatic rings. The van der Waals surface area contributed by atoms with Gasteiger partial charge in [0.1, 0.15) is 0 Å². The second-order valence-electron chi connectivity index (χ2n) is 6.90. The lowest BCUT2D eigenvalue weighted by molar-refractivity contribution is -0.129. The summed E-state index contributed by atoms with van der Waals surface area (Å²) in [6.07, 6.45) is 2.56. The quantitative estimate of drug-likeness (QED) is 0.790. The van der Waals surface area contributed by atoms with Gasteiger partial charge in [-0.25, -0.2) is 0 Å². The van der Waals surface area contributed by atoms with Gasteiger partial charge in [0.05, 0.1) is 11.6 Å². The number of carbonyl (C=O) groups is 1. The summed E-state index contributed by atoms with van der Waals surface area (Å²) in [5, 5.41) is 4.20. The van der Waals surface area contributed by atoms with Crippen molar-refractivity contribution in [3.8, 4) is 0 Å². The Bertz CT molecular complexity index is 923. The highest BCUT2D eigenvalue weighted by atomic mass is 16.2. The van der Waals surface area contributed by atoms with Crippen molar-refractivity contribution in [2.24, 2.45) is 0 Å². The first kappa shape index (κ1) is 16.7. The molecule has 1 saturated heterocycles. The van der Waals surface area contributed by atoms with Crippen LogP contribution in [-0.4, -0.2) is 34.9 Å². The number of hydrogen-bond acceptors (Lipinski definition) is 3. The van der Waals surface area contributed by atoms with Crippen molar-refractivity contribution < 1.29 is 4.79 Å². The molecule has 132 valence electrons. The highest BCUT2D eigenvalue weighted by molar-refractivity contribution is 5.84. The Morgan fingerprint density at radius 1 is 1.12 bits per heavy atom. The Balaban J connectivity index is 1.65. The molecule has 0 radical (unpaired) electrons.